The third kappa shape index (κ3) is 5.19. The SMILES string of the molecule is CC(C)(C)C(NC(=O)OCC1c2ccccc2-c2ccccc21)C(=O)NC(C)(C)C(C)(C)C(=O)O. The molecule has 0 spiro atoms. The molecule has 1 aliphatic rings. The highest BCUT2D eigenvalue weighted by Gasteiger charge is 2.46. The summed E-state index contributed by atoms with van der Waals surface area (Å²) in [5, 5.41) is 15.1. The molecule has 0 aliphatic heterocycles. The van der Waals surface area contributed by atoms with Gasteiger partial charge >= 0.3 is 12.1 Å². The van der Waals surface area contributed by atoms with Gasteiger partial charge in [0, 0.05) is 5.92 Å². The number of benzene rings is 2. The summed E-state index contributed by atoms with van der Waals surface area (Å²) in [6, 6.07) is 15.2. The van der Waals surface area contributed by atoms with Crippen molar-refractivity contribution >= 4 is 18.0 Å². The predicted octanol–water partition coefficient (Wildman–Crippen LogP) is 4.95. The highest BCUT2D eigenvalue weighted by molar-refractivity contribution is 5.88. The number of carboxylic acid groups (broad SMARTS) is 1. The maximum atomic E-state index is 13.2. The van der Waals surface area contributed by atoms with E-state index in [9.17, 15) is 19.5 Å². The van der Waals surface area contributed by atoms with Gasteiger partial charge in [-0.2, -0.15) is 0 Å². The average molecular weight is 481 g/mol. The minimum atomic E-state index is -1.23. The lowest BCUT2D eigenvalue weighted by molar-refractivity contribution is -0.152. The number of hydrogen-bond donors (Lipinski definition) is 3. The molecule has 0 saturated heterocycles. The maximum absolute atomic E-state index is 13.2. The Hall–Kier alpha value is -3.35. The number of ether oxygens (including phenoxy) is 1. The molecular weight excluding hydrogens is 444 g/mol. The van der Waals surface area contributed by atoms with Crippen LogP contribution in [0.15, 0.2) is 48.5 Å². The molecule has 2 aromatic rings. The molecule has 0 saturated carbocycles. The van der Waals surface area contributed by atoms with E-state index in [1.165, 1.54) is 0 Å². The van der Waals surface area contributed by atoms with E-state index < -0.39 is 40.4 Å². The summed E-state index contributed by atoms with van der Waals surface area (Å²) in [5.41, 5.74) is 1.53. The van der Waals surface area contributed by atoms with Crippen molar-refractivity contribution in [2.45, 2.75) is 66.0 Å². The number of carboxylic acids is 1. The number of amides is 2. The first-order valence-corrected chi connectivity index (χ1v) is 11.8. The van der Waals surface area contributed by atoms with Crippen LogP contribution in [-0.4, -0.2) is 41.3 Å². The molecule has 7 heteroatoms. The highest BCUT2D eigenvalue weighted by Crippen LogP contribution is 2.44. The van der Waals surface area contributed by atoms with E-state index in [1.54, 1.807) is 27.7 Å². The van der Waals surface area contributed by atoms with Crippen molar-refractivity contribution in [2.75, 3.05) is 6.61 Å². The fourth-order valence-corrected chi connectivity index (χ4v) is 4.24. The number of alkyl carbamates (subject to hydrolysis) is 1. The van der Waals surface area contributed by atoms with Gasteiger partial charge in [0.1, 0.15) is 12.6 Å². The molecular formula is C28H36N2O5. The van der Waals surface area contributed by atoms with Crippen LogP contribution in [0.1, 0.15) is 65.5 Å². The molecule has 0 aromatic heterocycles. The fourth-order valence-electron chi connectivity index (χ4n) is 4.24. The number of nitrogens with one attached hydrogen (secondary N) is 2. The Labute approximate surface area is 207 Å². The Morgan fingerprint density at radius 2 is 1.37 bits per heavy atom. The molecule has 2 aromatic carbocycles. The zero-order valence-corrected chi connectivity index (χ0v) is 21.6. The van der Waals surface area contributed by atoms with E-state index in [0.717, 1.165) is 22.3 Å². The number of aliphatic carboxylic acids is 1. The van der Waals surface area contributed by atoms with Gasteiger partial charge in [-0.3, -0.25) is 9.59 Å². The van der Waals surface area contributed by atoms with Gasteiger partial charge < -0.3 is 20.5 Å². The Balaban J connectivity index is 1.73. The lowest BCUT2D eigenvalue weighted by Gasteiger charge is -2.41. The number of carbonyl (C=O) groups excluding carboxylic acids is 2. The smallest absolute Gasteiger partial charge is 0.407 e. The van der Waals surface area contributed by atoms with Crippen molar-refractivity contribution in [3.05, 3.63) is 59.7 Å². The second kappa shape index (κ2) is 9.36. The van der Waals surface area contributed by atoms with E-state index in [-0.39, 0.29) is 12.5 Å². The predicted molar refractivity (Wildman–Crippen MR) is 135 cm³/mol. The summed E-state index contributed by atoms with van der Waals surface area (Å²) < 4.78 is 5.63. The van der Waals surface area contributed by atoms with E-state index >= 15 is 0 Å². The molecule has 0 bridgehead atoms. The van der Waals surface area contributed by atoms with Crippen LogP contribution in [-0.2, 0) is 14.3 Å². The summed E-state index contributed by atoms with van der Waals surface area (Å²) in [6.45, 7) is 12.1. The first-order chi connectivity index (χ1) is 16.2. The molecule has 7 nitrogen and oxygen atoms in total. The third-order valence-corrected chi connectivity index (χ3v) is 7.27. The van der Waals surface area contributed by atoms with Crippen LogP contribution in [0.4, 0.5) is 4.79 Å². The molecule has 1 aliphatic carbocycles. The molecule has 3 rings (SSSR count). The van der Waals surface area contributed by atoms with Crippen LogP contribution >= 0.6 is 0 Å². The molecule has 1 atom stereocenters. The monoisotopic (exact) mass is 480 g/mol. The van der Waals surface area contributed by atoms with Gasteiger partial charge in [0.15, 0.2) is 0 Å². The Morgan fingerprint density at radius 3 is 1.83 bits per heavy atom. The minimum Gasteiger partial charge on any atom is -0.481 e. The summed E-state index contributed by atoms with van der Waals surface area (Å²) in [7, 11) is 0. The summed E-state index contributed by atoms with van der Waals surface area (Å²) in [4.78, 5) is 37.8. The van der Waals surface area contributed by atoms with Gasteiger partial charge in [-0.25, -0.2) is 4.79 Å². The Morgan fingerprint density at radius 1 is 0.886 bits per heavy atom. The van der Waals surface area contributed by atoms with Gasteiger partial charge in [0.25, 0.3) is 0 Å². The van der Waals surface area contributed by atoms with Crippen molar-refractivity contribution in [2.24, 2.45) is 10.8 Å². The molecule has 1 unspecified atom stereocenters. The van der Waals surface area contributed by atoms with Gasteiger partial charge in [0.2, 0.25) is 5.91 Å². The molecule has 0 radical (unpaired) electrons. The summed E-state index contributed by atoms with van der Waals surface area (Å²) in [5.74, 6) is -1.59. The van der Waals surface area contributed by atoms with Crippen molar-refractivity contribution in [1.82, 2.24) is 10.6 Å². The number of hydrogen-bond acceptors (Lipinski definition) is 4. The quantitative estimate of drug-likeness (QED) is 0.520. The van der Waals surface area contributed by atoms with Crippen molar-refractivity contribution in [3.8, 4) is 11.1 Å². The first-order valence-electron chi connectivity index (χ1n) is 11.8. The van der Waals surface area contributed by atoms with E-state index in [4.69, 9.17) is 4.74 Å². The fraction of sp³-hybridized carbons (Fsp3) is 0.464. The van der Waals surface area contributed by atoms with E-state index in [2.05, 4.69) is 22.8 Å². The maximum Gasteiger partial charge on any atom is 0.407 e. The summed E-state index contributed by atoms with van der Waals surface area (Å²) in [6.07, 6.45) is -0.697. The van der Waals surface area contributed by atoms with Crippen LogP contribution in [0.2, 0.25) is 0 Å². The highest BCUT2D eigenvalue weighted by atomic mass is 16.5. The number of fused-ring (bicyclic) bond motifs is 3. The molecule has 0 fully saturated rings. The second-order valence-electron chi connectivity index (χ2n) is 11.3. The third-order valence-electron chi connectivity index (χ3n) is 7.27. The largest absolute Gasteiger partial charge is 0.481 e. The number of rotatable bonds is 7. The van der Waals surface area contributed by atoms with Gasteiger partial charge in [-0.05, 0) is 55.4 Å². The van der Waals surface area contributed by atoms with E-state index in [1.807, 2.05) is 57.2 Å². The second-order valence-corrected chi connectivity index (χ2v) is 11.3. The van der Waals surface area contributed by atoms with Crippen LogP contribution < -0.4 is 10.6 Å². The number of carbonyl (C=O) groups is 3. The topological polar surface area (TPSA) is 105 Å². The van der Waals surface area contributed by atoms with Crippen molar-refractivity contribution in [1.29, 1.82) is 0 Å². The van der Waals surface area contributed by atoms with E-state index in [0.29, 0.717) is 0 Å². The Kier molecular flexibility index (Phi) is 7.02. The molecule has 188 valence electrons. The van der Waals surface area contributed by atoms with Crippen molar-refractivity contribution in [3.63, 3.8) is 0 Å². The molecule has 0 heterocycles. The minimum absolute atomic E-state index is 0.0923. The van der Waals surface area contributed by atoms with Crippen LogP contribution in [0.3, 0.4) is 0 Å². The lowest BCUT2D eigenvalue weighted by atomic mass is 9.74. The average Bonchev–Trinajstić information content (AvgIpc) is 3.08. The van der Waals surface area contributed by atoms with Gasteiger partial charge in [0.05, 0.1) is 11.0 Å². The first kappa shape index (κ1) is 26.3. The van der Waals surface area contributed by atoms with Crippen LogP contribution in [0, 0.1) is 10.8 Å². The van der Waals surface area contributed by atoms with Gasteiger partial charge in [-0.15, -0.1) is 0 Å². The van der Waals surface area contributed by atoms with Crippen molar-refractivity contribution < 1.29 is 24.2 Å². The van der Waals surface area contributed by atoms with Crippen LogP contribution in [0.5, 0.6) is 0 Å². The van der Waals surface area contributed by atoms with Gasteiger partial charge in [-0.1, -0.05) is 69.3 Å². The summed E-state index contributed by atoms with van der Waals surface area (Å²) >= 11 is 0. The zero-order chi connectivity index (χ0) is 26.2. The normalized spacial score (nSPS) is 14.5. The molecule has 2 amide bonds. The Bertz CT molecular complexity index is 1080. The lowest BCUT2D eigenvalue weighted by Crippen LogP contribution is -2.63. The van der Waals surface area contributed by atoms with Crippen LogP contribution in [0.25, 0.3) is 11.1 Å². The standard InChI is InChI=1S/C28H36N2O5/c1-26(2,3)22(23(31)30-28(6,7)27(4,5)24(32)33)29-25(34)35-16-21-19-14-10-8-12-17(19)18-13-9-11-15-20(18)21/h8-15,21-22H,16H2,1-7H3,(H,29,34)(H,30,31)(H,32,33). The zero-order valence-electron chi connectivity index (χ0n) is 21.6. The molecule has 3 N–H and O–H groups in total. The molecule has 35 heavy (non-hydrogen) atoms.